The molecule has 0 aromatic heterocycles. The fourth-order valence-corrected chi connectivity index (χ4v) is 1.82. The maximum atomic E-state index is 12.0. The molecule has 0 aliphatic heterocycles. The van der Waals surface area contributed by atoms with Gasteiger partial charge in [-0.05, 0) is 43.3 Å². The first kappa shape index (κ1) is 15.1. The molecule has 2 aromatic carbocycles. The summed E-state index contributed by atoms with van der Waals surface area (Å²) >= 11 is 5.92. The lowest BCUT2D eigenvalue weighted by Gasteiger charge is -2.06. The van der Waals surface area contributed by atoms with Gasteiger partial charge >= 0.3 is 11.9 Å². The SMILES string of the molecule is CCOC(=O)c1ccc(C(=O)Oc2ccccc2Cl)cc1. The van der Waals surface area contributed by atoms with E-state index >= 15 is 0 Å². The van der Waals surface area contributed by atoms with E-state index in [1.807, 2.05) is 0 Å². The Labute approximate surface area is 127 Å². The normalized spacial score (nSPS) is 10.0. The number of carbonyl (C=O) groups is 2. The van der Waals surface area contributed by atoms with Gasteiger partial charge in [0.05, 0.1) is 22.8 Å². The van der Waals surface area contributed by atoms with Crippen molar-refractivity contribution < 1.29 is 19.1 Å². The molecule has 0 saturated carbocycles. The van der Waals surface area contributed by atoms with Crippen molar-refractivity contribution >= 4 is 23.5 Å². The first-order chi connectivity index (χ1) is 10.1. The van der Waals surface area contributed by atoms with Crippen LogP contribution in [0.4, 0.5) is 0 Å². The van der Waals surface area contributed by atoms with E-state index in [1.165, 1.54) is 24.3 Å². The van der Waals surface area contributed by atoms with E-state index in [1.54, 1.807) is 31.2 Å². The Bertz CT molecular complexity index is 650. The van der Waals surface area contributed by atoms with Crippen LogP contribution in [0.15, 0.2) is 48.5 Å². The number of benzene rings is 2. The molecule has 0 heterocycles. The van der Waals surface area contributed by atoms with Gasteiger partial charge in [-0.1, -0.05) is 23.7 Å². The molecule has 0 amide bonds. The fraction of sp³-hybridized carbons (Fsp3) is 0.125. The molecular formula is C16H13ClO4. The zero-order valence-corrected chi connectivity index (χ0v) is 12.1. The van der Waals surface area contributed by atoms with Gasteiger partial charge in [0.25, 0.3) is 0 Å². The molecule has 0 fully saturated rings. The van der Waals surface area contributed by atoms with Crippen LogP contribution in [0.5, 0.6) is 5.75 Å². The smallest absolute Gasteiger partial charge is 0.343 e. The first-order valence-corrected chi connectivity index (χ1v) is 6.73. The lowest BCUT2D eigenvalue weighted by atomic mass is 10.1. The second-order valence-corrected chi connectivity index (χ2v) is 4.52. The summed E-state index contributed by atoms with van der Waals surface area (Å²) in [6.07, 6.45) is 0. The minimum Gasteiger partial charge on any atom is -0.462 e. The van der Waals surface area contributed by atoms with E-state index in [2.05, 4.69) is 0 Å². The zero-order chi connectivity index (χ0) is 15.2. The van der Waals surface area contributed by atoms with Crippen molar-refractivity contribution in [3.63, 3.8) is 0 Å². The third-order valence-electron chi connectivity index (χ3n) is 2.67. The molecule has 0 radical (unpaired) electrons. The number of ether oxygens (including phenoxy) is 2. The topological polar surface area (TPSA) is 52.6 Å². The number of halogens is 1. The number of hydrogen-bond donors (Lipinski definition) is 0. The summed E-state index contributed by atoms with van der Waals surface area (Å²) in [5.74, 6) is -0.680. The van der Waals surface area contributed by atoms with Crippen LogP contribution in [0.1, 0.15) is 27.6 Å². The highest BCUT2D eigenvalue weighted by atomic mass is 35.5. The summed E-state index contributed by atoms with van der Waals surface area (Å²) in [7, 11) is 0. The standard InChI is InChI=1S/C16H13ClO4/c1-2-20-15(18)11-7-9-12(10-8-11)16(19)21-14-6-4-3-5-13(14)17/h3-10H,2H2,1H3. The average Bonchev–Trinajstić information content (AvgIpc) is 2.50. The Morgan fingerprint density at radius 3 is 2.10 bits per heavy atom. The van der Waals surface area contributed by atoms with Gasteiger partial charge in [-0.3, -0.25) is 0 Å². The van der Waals surface area contributed by atoms with Gasteiger partial charge in [0, 0.05) is 0 Å². The van der Waals surface area contributed by atoms with Gasteiger partial charge in [-0.15, -0.1) is 0 Å². The summed E-state index contributed by atoms with van der Waals surface area (Å²) in [6.45, 7) is 2.03. The molecule has 0 saturated heterocycles. The lowest BCUT2D eigenvalue weighted by Crippen LogP contribution is -2.10. The lowest BCUT2D eigenvalue weighted by molar-refractivity contribution is 0.0525. The van der Waals surface area contributed by atoms with Crippen molar-refractivity contribution in [1.29, 1.82) is 0 Å². The van der Waals surface area contributed by atoms with Crippen LogP contribution in [0.25, 0.3) is 0 Å². The summed E-state index contributed by atoms with van der Waals surface area (Å²) in [5.41, 5.74) is 0.703. The van der Waals surface area contributed by atoms with E-state index in [0.29, 0.717) is 28.5 Å². The highest BCUT2D eigenvalue weighted by Crippen LogP contribution is 2.24. The van der Waals surface area contributed by atoms with Crippen molar-refractivity contribution in [2.45, 2.75) is 6.92 Å². The molecule has 21 heavy (non-hydrogen) atoms. The van der Waals surface area contributed by atoms with Crippen molar-refractivity contribution in [1.82, 2.24) is 0 Å². The number of carbonyl (C=O) groups excluding carboxylic acids is 2. The van der Waals surface area contributed by atoms with Crippen LogP contribution in [0, 0.1) is 0 Å². The Hall–Kier alpha value is -2.33. The Morgan fingerprint density at radius 1 is 0.952 bits per heavy atom. The van der Waals surface area contributed by atoms with Gasteiger partial charge in [0.15, 0.2) is 0 Å². The van der Waals surface area contributed by atoms with Crippen molar-refractivity contribution in [2.24, 2.45) is 0 Å². The Balaban J connectivity index is 2.10. The second kappa shape index (κ2) is 6.90. The predicted octanol–water partition coefficient (Wildman–Crippen LogP) is 3.74. The highest BCUT2D eigenvalue weighted by molar-refractivity contribution is 6.32. The third kappa shape index (κ3) is 3.83. The predicted molar refractivity (Wildman–Crippen MR) is 78.8 cm³/mol. The molecule has 2 rings (SSSR count). The molecule has 0 atom stereocenters. The van der Waals surface area contributed by atoms with Crippen molar-refractivity contribution in [3.05, 3.63) is 64.7 Å². The molecular weight excluding hydrogens is 292 g/mol. The molecule has 0 N–H and O–H groups in total. The van der Waals surface area contributed by atoms with E-state index in [9.17, 15) is 9.59 Å². The molecule has 0 aliphatic rings. The molecule has 0 unspecified atom stereocenters. The Morgan fingerprint density at radius 2 is 1.52 bits per heavy atom. The van der Waals surface area contributed by atoms with E-state index in [0.717, 1.165) is 0 Å². The number of esters is 2. The largest absolute Gasteiger partial charge is 0.462 e. The van der Waals surface area contributed by atoms with Gasteiger partial charge in [-0.2, -0.15) is 0 Å². The number of para-hydroxylation sites is 1. The van der Waals surface area contributed by atoms with Crippen molar-refractivity contribution in [2.75, 3.05) is 6.61 Å². The average molecular weight is 305 g/mol. The third-order valence-corrected chi connectivity index (χ3v) is 2.98. The summed E-state index contributed by atoms with van der Waals surface area (Å²) in [4.78, 5) is 23.5. The second-order valence-electron chi connectivity index (χ2n) is 4.12. The molecule has 4 nitrogen and oxygen atoms in total. The van der Waals surface area contributed by atoms with Crippen molar-refractivity contribution in [3.8, 4) is 5.75 Å². The van der Waals surface area contributed by atoms with Crippen LogP contribution in [-0.2, 0) is 4.74 Å². The summed E-state index contributed by atoms with van der Waals surface area (Å²) in [6, 6.07) is 12.7. The molecule has 2 aromatic rings. The van der Waals surface area contributed by atoms with E-state index in [4.69, 9.17) is 21.1 Å². The van der Waals surface area contributed by atoms with Crippen LogP contribution in [0.2, 0.25) is 5.02 Å². The molecule has 0 aliphatic carbocycles. The fourth-order valence-electron chi connectivity index (χ4n) is 1.64. The minimum atomic E-state index is -0.543. The maximum Gasteiger partial charge on any atom is 0.343 e. The van der Waals surface area contributed by atoms with Gasteiger partial charge in [0.1, 0.15) is 5.75 Å². The first-order valence-electron chi connectivity index (χ1n) is 6.35. The number of rotatable bonds is 4. The number of hydrogen-bond acceptors (Lipinski definition) is 4. The zero-order valence-electron chi connectivity index (χ0n) is 11.3. The Kier molecular flexibility index (Phi) is 4.95. The van der Waals surface area contributed by atoms with Crippen LogP contribution in [0.3, 0.4) is 0 Å². The molecule has 5 heteroatoms. The molecule has 0 bridgehead atoms. The molecule has 0 spiro atoms. The summed E-state index contributed by atoms with van der Waals surface area (Å²) in [5, 5.41) is 0.356. The quantitative estimate of drug-likeness (QED) is 0.638. The highest BCUT2D eigenvalue weighted by Gasteiger charge is 2.12. The van der Waals surface area contributed by atoms with E-state index in [-0.39, 0.29) is 0 Å². The van der Waals surface area contributed by atoms with Crippen LogP contribution in [-0.4, -0.2) is 18.5 Å². The van der Waals surface area contributed by atoms with Gasteiger partial charge in [0.2, 0.25) is 0 Å². The van der Waals surface area contributed by atoms with Crippen LogP contribution < -0.4 is 4.74 Å². The van der Waals surface area contributed by atoms with Gasteiger partial charge < -0.3 is 9.47 Å². The minimum absolute atomic E-state index is 0.290. The van der Waals surface area contributed by atoms with Gasteiger partial charge in [-0.25, -0.2) is 9.59 Å². The monoisotopic (exact) mass is 304 g/mol. The van der Waals surface area contributed by atoms with E-state index < -0.39 is 11.9 Å². The summed E-state index contributed by atoms with van der Waals surface area (Å²) < 4.78 is 10.1. The molecule has 108 valence electrons. The maximum absolute atomic E-state index is 12.0. The van der Waals surface area contributed by atoms with Crippen LogP contribution >= 0.6 is 11.6 Å².